The fraction of sp³-hybridized carbons (Fsp3) is 0.444. The average Bonchev–Trinajstić information content (AvgIpc) is 2.05. The Hall–Kier alpha value is -0.600. The lowest BCUT2D eigenvalue weighted by atomic mass is 9.93. The second kappa shape index (κ2) is 3.04. The zero-order valence-corrected chi connectivity index (χ0v) is 7.51. The summed E-state index contributed by atoms with van der Waals surface area (Å²) in [7, 11) is 0. The summed E-state index contributed by atoms with van der Waals surface area (Å²) in [6.45, 7) is 0. The van der Waals surface area contributed by atoms with E-state index in [-0.39, 0.29) is 0 Å². The minimum absolute atomic E-state index is 0.306. The Balaban J connectivity index is 2.37. The Morgan fingerprint density at radius 3 is 3.17 bits per heavy atom. The molecule has 1 aromatic heterocycles. The van der Waals surface area contributed by atoms with Crippen LogP contribution in [0, 0.1) is 0 Å². The fourth-order valence-electron chi connectivity index (χ4n) is 1.61. The van der Waals surface area contributed by atoms with Crippen molar-refractivity contribution in [1.82, 2.24) is 4.98 Å². The standard InChI is InChI=1S/C9H11ClN2/c10-9-4-1-6-5-7(11)2-3-8(6)12-9/h1,4,7H,2-3,5,11H2. The number of hydrogen-bond acceptors (Lipinski definition) is 2. The maximum Gasteiger partial charge on any atom is 0.129 e. The molecular weight excluding hydrogens is 172 g/mol. The molecule has 1 heterocycles. The Morgan fingerprint density at radius 2 is 2.33 bits per heavy atom. The molecule has 0 saturated heterocycles. The van der Waals surface area contributed by atoms with E-state index in [0.29, 0.717) is 11.2 Å². The Bertz CT molecular complexity index is 299. The summed E-state index contributed by atoms with van der Waals surface area (Å²) < 4.78 is 0. The van der Waals surface area contributed by atoms with E-state index in [2.05, 4.69) is 4.98 Å². The van der Waals surface area contributed by atoms with Gasteiger partial charge in [-0.3, -0.25) is 0 Å². The summed E-state index contributed by atoms with van der Waals surface area (Å²) in [6, 6.07) is 4.17. The highest BCUT2D eigenvalue weighted by molar-refractivity contribution is 6.29. The number of nitrogens with zero attached hydrogens (tertiary/aromatic N) is 1. The van der Waals surface area contributed by atoms with Crippen LogP contribution in [0.5, 0.6) is 0 Å². The number of rotatable bonds is 0. The van der Waals surface area contributed by atoms with Gasteiger partial charge in [-0.15, -0.1) is 0 Å². The van der Waals surface area contributed by atoms with E-state index in [1.54, 1.807) is 0 Å². The van der Waals surface area contributed by atoms with Crippen LogP contribution in [0.3, 0.4) is 0 Å². The summed E-state index contributed by atoms with van der Waals surface area (Å²) in [4.78, 5) is 4.26. The number of aryl methyl sites for hydroxylation is 1. The van der Waals surface area contributed by atoms with E-state index < -0.39 is 0 Å². The van der Waals surface area contributed by atoms with Crippen LogP contribution in [0.2, 0.25) is 5.15 Å². The first-order valence-corrected chi connectivity index (χ1v) is 4.53. The second-order valence-corrected chi connectivity index (χ2v) is 3.63. The number of nitrogens with two attached hydrogens (primary N) is 1. The van der Waals surface area contributed by atoms with Gasteiger partial charge in [0.1, 0.15) is 5.15 Å². The molecule has 1 aliphatic carbocycles. The molecular formula is C9H11ClN2. The van der Waals surface area contributed by atoms with Gasteiger partial charge in [0.05, 0.1) is 0 Å². The Labute approximate surface area is 76.7 Å². The first kappa shape index (κ1) is 8.02. The molecule has 0 radical (unpaired) electrons. The van der Waals surface area contributed by atoms with Gasteiger partial charge in [-0.1, -0.05) is 17.7 Å². The molecule has 2 N–H and O–H groups in total. The van der Waals surface area contributed by atoms with Gasteiger partial charge in [0.2, 0.25) is 0 Å². The predicted molar refractivity (Wildman–Crippen MR) is 49.2 cm³/mol. The van der Waals surface area contributed by atoms with Crippen molar-refractivity contribution in [2.75, 3.05) is 0 Å². The molecule has 0 amide bonds. The van der Waals surface area contributed by atoms with Crippen LogP contribution >= 0.6 is 11.6 Å². The Morgan fingerprint density at radius 1 is 1.50 bits per heavy atom. The van der Waals surface area contributed by atoms with Crippen molar-refractivity contribution in [3.63, 3.8) is 0 Å². The molecule has 0 bridgehead atoms. The molecule has 1 aromatic rings. The maximum atomic E-state index is 5.83. The summed E-state index contributed by atoms with van der Waals surface area (Å²) in [6.07, 6.45) is 2.94. The summed E-state index contributed by atoms with van der Waals surface area (Å²) in [5.74, 6) is 0. The van der Waals surface area contributed by atoms with Gasteiger partial charge in [0.25, 0.3) is 0 Å². The van der Waals surface area contributed by atoms with Gasteiger partial charge in [-0.25, -0.2) is 4.98 Å². The first-order valence-electron chi connectivity index (χ1n) is 4.15. The number of pyridine rings is 1. The molecule has 1 unspecified atom stereocenters. The van der Waals surface area contributed by atoms with E-state index in [9.17, 15) is 0 Å². The van der Waals surface area contributed by atoms with Crippen molar-refractivity contribution in [3.05, 3.63) is 28.5 Å². The lowest BCUT2D eigenvalue weighted by molar-refractivity contribution is 0.567. The van der Waals surface area contributed by atoms with Crippen molar-refractivity contribution in [3.8, 4) is 0 Å². The highest BCUT2D eigenvalue weighted by Gasteiger charge is 2.16. The monoisotopic (exact) mass is 182 g/mol. The van der Waals surface area contributed by atoms with E-state index in [4.69, 9.17) is 17.3 Å². The van der Waals surface area contributed by atoms with Crippen LogP contribution in [0.25, 0.3) is 0 Å². The highest BCUT2D eigenvalue weighted by atomic mass is 35.5. The van der Waals surface area contributed by atoms with E-state index >= 15 is 0 Å². The van der Waals surface area contributed by atoms with Gasteiger partial charge in [0.15, 0.2) is 0 Å². The van der Waals surface area contributed by atoms with E-state index in [1.165, 1.54) is 5.56 Å². The van der Waals surface area contributed by atoms with Crippen molar-refractivity contribution in [1.29, 1.82) is 0 Å². The predicted octanol–water partition coefficient (Wildman–Crippen LogP) is 1.55. The topological polar surface area (TPSA) is 38.9 Å². The molecule has 1 atom stereocenters. The number of aromatic nitrogens is 1. The molecule has 1 aliphatic rings. The SMILES string of the molecule is NC1CCc2nc(Cl)ccc2C1. The Kier molecular flexibility index (Phi) is 2.03. The highest BCUT2D eigenvalue weighted by Crippen LogP contribution is 2.20. The summed E-state index contributed by atoms with van der Waals surface area (Å²) >= 11 is 5.77. The molecule has 0 fully saturated rings. The molecule has 2 rings (SSSR count). The molecule has 0 saturated carbocycles. The van der Waals surface area contributed by atoms with Gasteiger partial charge in [0, 0.05) is 11.7 Å². The minimum atomic E-state index is 0.306. The van der Waals surface area contributed by atoms with Crippen molar-refractivity contribution in [2.45, 2.75) is 25.3 Å². The third-order valence-corrected chi connectivity index (χ3v) is 2.48. The molecule has 3 heteroatoms. The average molecular weight is 183 g/mol. The van der Waals surface area contributed by atoms with Crippen LogP contribution in [-0.4, -0.2) is 11.0 Å². The van der Waals surface area contributed by atoms with Crippen LogP contribution < -0.4 is 5.73 Å². The van der Waals surface area contributed by atoms with Crippen molar-refractivity contribution < 1.29 is 0 Å². The van der Waals surface area contributed by atoms with Gasteiger partial charge in [-0.2, -0.15) is 0 Å². The summed E-state index contributed by atoms with van der Waals surface area (Å²) in [5, 5.41) is 0.587. The van der Waals surface area contributed by atoms with Gasteiger partial charge < -0.3 is 5.73 Å². The number of hydrogen-bond donors (Lipinski definition) is 1. The lowest BCUT2D eigenvalue weighted by Gasteiger charge is -2.20. The smallest absolute Gasteiger partial charge is 0.129 e. The van der Waals surface area contributed by atoms with E-state index in [0.717, 1.165) is 25.0 Å². The van der Waals surface area contributed by atoms with Crippen LogP contribution in [0.1, 0.15) is 17.7 Å². The molecule has 2 nitrogen and oxygen atoms in total. The third kappa shape index (κ3) is 1.45. The largest absolute Gasteiger partial charge is 0.327 e. The molecule has 0 aliphatic heterocycles. The fourth-order valence-corrected chi connectivity index (χ4v) is 1.78. The number of fused-ring (bicyclic) bond motifs is 1. The van der Waals surface area contributed by atoms with E-state index in [1.807, 2.05) is 12.1 Å². The van der Waals surface area contributed by atoms with Crippen molar-refractivity contribution >= 4 is 11.6 Å². The molecule has 64 valence electrons. The number of halogens is 1. The maximum absolute atomic E-state index is 5.83. The minimum Gasteiger partial charge on any atom is -0.327 e. The molecule has 0 aromatic carbocycles. The van der Waals surface area contributed by atoms with Crippen molar-refractivity contribution in [2.24, 2.45) is 5.73 Å². The summed E-state index contributed by atoms with van der Waals surface area (Å²) in [5.41, 5.74) is 8.22. The normalized spacial score (nSPS) is 22.0. The molecule has 0 spiro atoms. The quantitative estimate of drug-likeness (QED) is 0.619. The zero-order chi connectivity index (χ0) is 8.55. The third-order valence-electron chi connectivity index (χ3n) is 2.27. The lowest BCUT2D eigenvalue weighted by Crippen LogP contribution is -2.28. The van der Waals surface area contributed by atoms with Crippen LogP contribution in [0.15, 0.2) is 12.1 Å². The van der Waals surface area contributed by atoms with Gasteiger partial charge in [-0.05, 0) is 30.9 Å². The second-order valence-electron chi connectivity index (χ2n) is 3.24. The van der Waals surface area contributed by atoms with Gasteiger partial charge >= 0.3 is 0 Å². The zero-order valence-electron chi connectivity index (χ0n) is 6.76. The molecule has 12 heavy (non-hydrogen) atoms. The first-order chi connectivity index (χ1) is 5.75. The van der Waals surface area contributed by atoms with Crippen LogP contribution in [-0.2, 0) is 12.8 Å². The van der Waals surface area contributed by atoms with Crippen LogP contribution in [0.4, 0.5) is 0 Å².